The second-order valence-electron chi connectivity index (χ2n) is 3.35. The van der Waals surface area contributed by atoms with Gasteiger partial charge in [-0.25, -0.2) is 0 Å². The van der Waals surface area contributed by atoms with Crippen molar-refractivity contribution in [1.82, 2.24) is 4.98 Å². The molecule has 1 aromatic carbocycles. The summed E-state index contributed by atoms with van der Waals surface area (Å²) in [6.07, 6.45) is 1.77. The molecule has 0 atom stereocenters. The highest BCUT2D eigenvalue weighted by atomic mass is 32.2. The van der Waals surface area contributed by atoms with Crippen LogP contribution in [0.25, 0.3) is 0 Å². The summed E-state index contributed by atoms with van der Waals surface area (Å²) in [4.78, 5) is 3.95. The summed E-state index contributed by atoms with van der Waals surface area (Å²) >= 11 is 1.60. The van der Waals surface area contributed by atoms with E-state index < -0.39 is 10.1 Å². The van der Waals surface area contributed by atoms with E-state index in [9.17, 15) is 8.42 Å². The molecule has 0 unspecified atom stereocenters. The van der Waals surface area contributed by atoms with E-state index in [-0.39, 0.29) is 11.5 Å². The average Bonchev–Trinajstić information content (AvgIpc) is 2.88. The van der Waals surface area contributed by atoms with E-state index in [1.165, 1.54) is 0 Å². The van der Waals surface area contributed by atoms with Gasteiger partial charge in [0.2, 0.25) is 0 Å². The third-order valence-corrected chi connectivity index (χ3v) is 3.85. The summed E-state index contributed by atoms with van der Waals surface area (Å²) in [5, 5.41) is 1.93. The number of nitrogens with zero attached hydrogens (tertiary/aromatic N) is 1. The van der Waals surface area contributed by atoms with Crippen LogP contribution in [-0.4, -0.2) is 20.0 Å². The Labute approximate surface area is 111 Å². The Balaban J connectivity index is 0.000000269. The van der Waals surface area contributed by atoms with Gasteiger partial charge in [0.1, 0.15) is 0 Å². The lowest BCUT2D eigenvalue weighted by Gasteiger charge is -2.02. The van der Waals surface area contributed by atoms with Crippen molar-refractivity contribution in [2.24, 2.45) is 0 Å². The van der Waals surface area contributed by atoms with Gasteiger partial charge < -0.3 is 0 Å². The van der Waals surface area contributed by atoms with Crippen molar-refractivity contribution in [3.63, 3.8) is 0 Å². The van der Waals surface area contributed by atoms with Gasteiger partial charge in [0, 0.05) is 11.6 Å². The zero-order valence-corrected chi connectivity index (χ0v) is 11.9. The monoisotopic (exact) mass is 285 g/mol. The molecule has 2 rings (SSSR count). The van der Waals surface area contributed by atoms with Crippen molar-refractivity contribution in [2.75, 3.05) is 6.61 Å². The predicted octanol–water partition coefficient (Wildman–Crippen LogP) is 2.86. The molecule has 2 aromatic rings. The molecule has 0 saturated carbocycles. The molecule has 6 heteroatoms. The summed E-state index contributed by atoms with van der Waals surface area (Å²) in [5.74, 6) is 0. The molecular formula is C12H15NO3S2. The molecule has 0 aliphatic carbocycles. The molecule has 18 heavy (non-hydrogen) atoms. The predicted molar refractivity (Wildman–Crippen MR) is 72.1 cm³/mol. The lowest BCUT2D eigenvalue weighted by atomic mass is 10.2. The molecule has 1 heterocycles. The summed E-state index contributed by atoms with van der Waals surface area (Å²) in [5.41, 5.74) is 2.82. The van der Waals surface area contributed by atoms with Crippen LogP contribution in [0.15, 0.2) is 46.2 Å². The van der Waals surface area contributed by atoms with E-state index in [0.29, 0.717) is 0 Å². The molecule has 0 saturated heterocycles. The first-order chi connectivity index (χ1) is 8.56. The minimum atomic E-state index is -3.53. The molecule has 0 spiro atoms. The first-order valence-corrected chi connectivity index (χ1v) is 7.69. The Morgan fingerprint density at radius 2 is 1.94 bits per heavy atom. The first kappa shape index (κ1) is 14.8. The van der Waals surface area contributed by atoms with Gasteiger partial charge in [0.15, 0.2) is 0 Å². The van der Waals surface area contributed by atoms with Crippen LogP contribution in [0, 0.1) is 6.92 Å². The van der Waals surface area contributed by atoms with E-state index in [1.807, 2.05) is 12.3 Å². The van der Waals surface area contributed by atoms with Gasteiger partial charge >= 0.3 is 0 Å². The number of hydrogen-bond acceptors (Lipinski definition) is 5. The maximum atomic E-state index is 11.3. The summed E-state index contributed by atoms with van der Waals surface area (Å²) in [7, 11) is -3.53. The number of hydrogen-bond donors (Lipinski definition) is 0. The van der Waals surface area contributed by atoms with Gasteiger partial charge in [-0.1, -0.05) is 17.7 Å². The molecule has 0 bridgehead atoms. The van der Waals surface area contributed by atoms with Crippen molar-refractivity contribution >= 4 is 21.5 Å². The van der Waals surface area contributed by atoms with Crippen LogP contribution < -0.4 is 0 Å². The zero-order valence-electron chi connectivity index (χ0n) is 10.2. The number of benzene rings is 1. The van der Waals surface area contributed by atoms with E-state index in [2.05, 4.69) is 9.17 Å². The number of aromatic nitrogens is 1. The lowest BCUT2D eigenvalue weighted by Crippen LogP contribution is -2.05. The molecular weight excluding hydrogens is 270 g/mol. The summed E-state index contributed by atoms with van der Waals surface area (Å²) in [6.45, 7) is 3.71. The van der Waals surface area contributed by atoms with E-state index in [0.717, 1.165) is 5.56 Å². The van der Waals surface area contributed by atoms with Crippen LogP contribution in [-0.2, 0) is 14.3 Å². The molecule has 0 radical (unpaired) electrons. The minimum absolute atomic E-state index is 0.163. The Morgan fingerprint density at radius 1 is 1.28 bits per heavy atom. The van der Waals surface area contributed by atoms with Crippen molar-refractivity contribution in [3.8, 4) is 0 Å². The van der Waals surface area contributed by atoms with Crippen LogP contribution in [0.2, 0.25) is 0 Å². The average molecular weight is 285 g/mol. The second kappa shape index (κ2) is 7.25. The molecule has 1 aromatic heterocycles. The fourth-order valence-electron chi connectivity index (χ4n) is 1.10. The van der Waals surface area contributed by atoms with Crippen LogP contribution in [0.1, 0.15) is 12.5 Å². The van der Waals surface area contributed by atoms with E-state index in [1.54, 1.807) is 54.2 Å². The maximum Gasteiger partial charge on any atom is 0.296 e. The SMILES string of the molecule is CCOS(=O)(=O)c1ccc(C)cc1.c1cscn1. The van der Waals surface area contributed by atoms with Gasteiger partial charge in [-0.15, -0.1) is 11.3 Å². The fourth-order valence-corrected chi connectivity index (χ4v) is 2.37. The van der Waals surface area contributed by atoms with E-state index in [4.69, 9.17) is 0 Å². The number of rotatable bonds is 3. The highest BCUT2D eigenvalue weighted by Crippen LogP contribution is 2.12. The van der Waals surface area contributed by atoms with E-state index >= 15 is 0 Å². The van der Waals surface area contributed by atoms with Gasteiger partial charge in [-0.05, 0) is 26.0 Å². The molecule has 0 aliphatic rings. The van der Waals surface area contributed by atoms with Crippen molar-refractivity contribution < 1.29 is 12.6 Å². The third kappa shape index (κ3) is 4.95. The largest absolute Gasteiger partial charge is 0.296 e. The second-order valence-corrected chi connectivity index (χ2v) is 5.72. The van der Waals surface area contributed by atoms with Crippen molar-refractivity contribution in [2.45, 2.75) is 18.7 Å². The highest BCUT2D eigenvalue weighted by Gasteiger charge is 2.12. The molecule has 0 amide bonds. The minimum Gasteiger partial charge on any atom is -0.267 e. The standard InChI is InChI=1S/C9H12O3S.C3H3NS/c1-3-12-13(10,11)9-6-4-8(2)5-7-9;1-2-5-3-4-1/h4-7H,3H2,1-2H3;1-3H. The van der Waals surface area contributed by atoms with Gasteiger partial charge in [-0.3, -0.25) is 9.17 Å². The van der Waals surface area contributed by atoms with Gasteiger partial charge in [0.25, 0.3) is 10.1 Å². The quantitative estimate of drug-likeness (QED) is 0.814. The fraction of sp³-hybridized carbons (Fsp3) is 0.250. The normalized spacial score (nSPS) is 10.6. The third-order valence-electron chi connectivity index (χ3n) is 1.93. The summed E-state index contributed by atoms with van der Waals surface area (Å²) < 4.78 is 27.3. The van der Waals surface area contributed by atoms with Crippen LogP contribution in [0.3, 0.4) is 0 Å². The molecule has 0 N–H and O–H groups in total. The lowest BCUT2D eigenvalue weighted by molar-refractivity contribution is 0.338. The van der Waals surface area contributed by atoms with Crippen LogP contribution in [0.5, 0.6) is 0 Å². The Hall–Kier alpha value is -1.24. The van der Waals surface area contributed by atoms with Crippen molar-refractivity contribution in [1.29, 1.82) is 0 Å². The molecule has 0 aliphatic heterocycles. The maximum absolute atomic E-state index is 11.3. The highest BCUT2D eigenvalue weighted by molar-refractivity contribution is 7.86. The summed E-state index contributed by atoms with van der Waals surface area (Å²) in [6, 6.07) is 6.57. The topological polar surface area (TPSA) is 56.3 Å². The van der Waals surface area contributed by atoms with Crippen LogP contribution in [0.4, 0.5) is 0 Å². The first-order valence-electron chi connectivity index (χ1n) is 5.34. The van der Waals surface area contributed by atoms with Crippen LogP contribution >= 0.6 is 11.3 Å². The molecule has 0 fully saturated rings. The number of thiazole rings is 1. The Kier molecular flexibility index (Phi) is 5.97. The Bertz CT molecular complexity index is 516. The van der Waals surface area contributed by atoms with Gasteiger partial charge in [0.05, 0.1) is 17.0 Å². The molecule has 98 valence electrons. The smallest absolute Gasteiger partial charge is 0.267 e. The Morgan fingerprint density at radius 3 is 2.33 bits per heavy atom. The van der Waals surface area contributed by atoms with Gasteiger partial charge in [-0.2, -0.15) is 8.42 Å². The van der Waals surface area contributed by atoms with Crippen molar-refractivity contribution in [3.05, 3.63) is 46.9 Å². The zero-order chi connectivity index (χ0) is 13.4. The molecule has 4 nitrogen and oxygen atoms in total. The number of aryl methyl sites for hydroxylation is 1.